The summed E-state index contributed by atoms with van der Waals surface area (Å²) in [4.78, 5) is 26.9. The van der Waals surface area contributed by atoms with Crippen LogP contribution in [0.4, 0.5) is 4.79 Å². The summed E-state index contributed by atoms with van der Waals surface area (Å²) in [6.07, 6.45) is 5.14. The standard InChI is InChI=1S/C25H35NO7/c1-15-14-16(2)25(30)19(6-4-18-5-8-20(27)22(18)25)7-9-21(28)33-23(15)17(3)32-24(29)26-10-12-31-13-11-26/h4,6,14-15,17,19-20,23,27,30H,5,7-13H2,1-3H3/b16-14+/t15?,17?,19?,20-,23?,25+/m1/s1. The summed E-state index contributed by atoms with van der Waals surface area (Å²) >= 11 is 0. The van der Waals surface area contributed by atoms with Crippen molar-refractivity contribution in [2.24, 2.45) is 11.8 Å². The number of fused-ring (bicyclic) bond motifs is 2. The maximum Gasteiger partial charge on any atom is 0.410 e. The molecule has 1 fully saturated rings. The van der Waals surface area contributed by atoms with E-state index in [0.717, 1.165) is 12.0 Å². The molecular formula is C25H35NO7. The van der Waals surface area contributed by atoms with E-state index in [0.29, 0.717) is 50.3 Å². The second-order valence-electron chi connectivity index (χ2n) is 9.62. The zero-order valence-electron chi connectivity index (χ0n) is 19.7. The Kier molecular flexibility index (Phi) is 6.98. The Morgan fingerprint density at radius 1 is 1.27 bits per heavy atom. The summed E-state index contributed by atoms with van der Waals surface area (Å²) in [6.45, 7) is 7.35. The van der Waals surface area contributed by atoms with E-state index in [9.17, 15) is 19.8 Å². The van der Waals surface area contributed by atoms with Crippen LogP contribution in [0.3, 0.4) is 0 Å². The first-order valence-corrected chi connectivity index (χ1v) is 12.0. The molecule has 0 bridgehead atoms. The Hall–Kier alpha value is -2.16. The number of esters is 1. The van der Waals surface area contributed by atoms with Crippen LogP contribution in [-0.2, 0) is 19.0 Å². The van der Waals surface area contributed by atoms with Crippen molar-refractivity contribution < 1.29 is 34.0 Å². The molecule has 8 nitrogen and oxygen atoms in total. The van der Waals surface area contributed by atoms with Crippen LogP contribution in [0, 0.1) is 11.8 Å². The Bertz CT molecular complexity index is 872. The summed E-state index contributed by atoms with van der Waals surface area (Å²) in [7, 11) is 0. The number of aliphatic hydroxyl groups excluding tert-OH is 1. The van der Waals surface area contributed by atoms with Crippen molar-refractivity contribution in [1.82, 2.24) is 4.90 Å². The maximum absolute atomic E-state index is 12.7. The van der Waals surface area contributed by atoms with Crippen LogP contribution in [0.1, 0.15) is 46.5 Å². The van der Waals surface area contributed by atoms with Crippen LogP contribution in [0.15, 0.2) is 34.9 Å². The van der Waals surface area contributed by atoms with Crippen LogP contribution in [-0.4, -0.2) is 77.4 Å². The lowest BCUT2D eigenvalue weighted by molar-refractivity contribution is -0.158. The molecule has 182 valence electrons. The van der Waals surface area contributed by atoms with Gasteiger partial charge in [0.25, 0.3) is 0 Å². The Morgan fingerprint density at radius 3 is 2.73 bits per heavy atom. The highest BCUT2D eigenvalue weighted by atomic mass is 16.6. The molecule has 0 radical (unpaired) electrons. The average molecular weight is 462 g/mol. The molecule has 6 atom stereocenters. The minimum absolute atomic E-state index is 0.122. The molecule has 0 aromatic carbocycles. The van der Waals surface area contributed by atoms with Gasteiger partial charge in [-0.2, -0.15) is 0 Å². The van der Waals surface area contributed by atoms with Crippen molar-refractivity contribution in [2.45, 2.75) is 70.4 Å². The molecule has 2 aliphatic heterocycles. The summed E-state index contributed by atoms with van der Waals surface area (Å²) in [5.41, 5.74) is 1.01. The fraction of sp³-hybridized carbons (Fsp3) is 0.680. The first-order valence-electron chi connectivity index (χ1n) is 12.0. The highest BCUT2D eigenvalue weighted by Crippen LogP contribution is 2.48. The van der Waals surface area contributed by atoms with Gasteiger partial charge in [0.15, 0.2) is 0 Å². The number of rotatable bonds is 2. The third kappa shape index (κ3) is 4.61. The van der Waals surface area contributed by atoms with Gasteiger partial charge in [0.1, 0.15) is 17.8 Å². The highest BCUT2D eigenvalue weighted by molar-refractivity contribution is 5.70. The fourth-order valence-corrected chi connectivity index (χ4v) is 5.62. The van der Waals surface area contributed by atoms with Crippen molar-refractivity contribution in [3.8, 4) is 0 Å². The SMILES string of the molecule is C/C1=C\C(C)C(C(C)OC(=O)N2CCOCC2)OC(=O)CCC2C=CC3=C([C@H](O)CC3)[C@]12O. The quantitative estimate of drug-likeness (QED) is 0.481. The topological polar surface area (TPSA) is 106 Å². The average Bonchev–Trinajstić information content (AvgIpc) is 3.18. The van der Waals surface area contributed by atoms with Crippen LogP contribution in [0.2, 0.25) is 0 Å². The van der Waals surface area contributed by atoms with Crippen LogP contribution < -0.4 is 0 Å². The lowest BCUT2D eigenvalue weighted by atomic mass is 9.68. The third-order valence-corrected chi connectivity index (χ3v) is 7.42. The van der Waals surface area contributed by atoms with Gasteiger partial charge < -0.3 is 29.3 Å². The van der Waals surface area contributed by atoms with Gasteiger partial charge >= 0.3 is 12.1 Å². The van der Waals surface area contributed by atoms with Gasteiger partial charge in [0.2, 0.25) is 0 Å². The number of aliphatic hydroxyl groups is 2. The van der Waals surface area contributed by atoms with Gasteiger partial charge in [-0.15, -0.1) is 0 Å². The van der Waals surface area contributed by atoms with Crippen molar-refractivity contribution in [1.29, 1.82) is 0 Å². The summed E-state index contributed by atoms with van der Waals surface area (Å²) in [5, 5.41) is 22.6. The number of cyclic esters (lactones) is 1. The molecule has 2 N–H and O–H groups in total. The Balaban J connectivity index is 1.59. The molecule has 0 aromatic heterocycles. The second kappa shape index (κ2) is 9.60. The van der Waals surface area contributed by atoms with Gasteiger partial charge in [0.05, 0.1) is 19.3 Å². The Labute approximate surface area is 194 Å². The van der Waals surface area contributed by atoms with Gasteiger partial charge in [-0.05, 0) is 49.8 Å². The first kappa shape index (κ1) is 24.0. The molecular weight excluding hydrogens is 426 g/mol. The molecule has 0 spiro atoms. The van der Waals surface area contributed by atoms with Gasteiger partial charge in [-0.3, -0.25) is 4.79 Å². The molecule has 4 unspecified atom stereocenters. The van der Waals surface area contributed by atoms with E-state index in [4.69, 9.17) is 14.2 Å². The van der Waals surface area contributed by atoms with Gasteiger partial charge in [-0.1, -0.05) is 25.2 Å². The maximum atomic E-state index is 12.7. The predicted octanol–water partition coefficient (Wildman–Crippen LogP) is 2.50. The number of ether oxygens (including phenoxy) is 3. The van der Waals surface area contributed by atoms with E-state index in [1.54, 1.807) is 11.8 Å². The van der Waals surface area contributed by atoms with Crippen molar-refractivity contribution in [3.05, 3.63) is 34.9 Å². The number of hydrogen-bond donors (Lipinski definition) is 2. The second-order valence-corrected chi connectivity index (χ2v) is 9.62. The summed E-state index contributed by atoms with van der Waals surface area (Å²) < 4.78 is 16.7. The molecule has 8 heteroatoms. The third-order valence-electron chi connectivity index (χ3n) is 7.42. The van der Waals surface area contributed by atoms with Gasteiger partial charge in [0, 0.05) is 31.3 Å². The van der Waals surface area contributed by atoms with E-state index in [1.807, 2.05) is 32.1 Å². The Morgan fingerprint density at radius 2 is 2.00 bits per heavy atom. The van der Waals surface area contributed by atoms with Crippen molar-refractivity contribution in [3.63, 3.8) is 0 Å². The largest absolute Gasteiger partial charge is 0.458 e. The molecule has 1 amide bonds. The summed E-state index contributed by atoms with van der Waals surface area (Å²) in [5.74, 6) is -1.04. The molecule has 1 saturated heterocycles. The molecule has 4 aliphatic rings. The molecule has 2 aliphatic carbocycles. The van der Waals surface area contributed by atoms with E-state index < -0.39 is 36.0 Å². The van der Waals surface area contributed by atoms with E-state index in [1.165, 1.54) is 0 Å². The van der Waals surface area contributed by atoms with E-state index in [2.05, 4.69) is 0 Å². The van der Waals surface area contributed by atoms with E-state index >= 15 is 0 Å². The number of carbonyl (C=O) groups excluding carboxylic acids is 2. The van der Waals surface area contributed by atoms with Crippen molar-refractivity contribution >= 4 is 12.1 Å². The zero-order chi connectivity index (χ0) is 23.8. The van der Waals surface area contributed by atoms with Crippen molar-refractivity contribution in [2.75, 3.05) is 26.3 Å². The number of hydrogen-bond acceptors (Lipinski definition) is 7. The van der Waals surface area contributed by atoms with Crippen LogP contribution in [0.5, 0.6) is 0 Å². The van der Waals surface area contributed by atoms with Gasteiger partial charge in [-0.25, -0.2) is 4.79 Å². The lowest BCUT2D eigenvalue weighted by Gasteiger charge is -2.42. The summed E-state index contributed by atoms with van der Waals surface area (Å²) in [6, 6.07) is 0. The fourth-order valence-electron chi connectivity index (χ4n) is 5.62. The first-order chi connectivity index (χ1) is 15.7. The molecule has 0 aromatic rings. The number of carbonyl (C=O) groups is 2. The zero-order valence-corrected chi connectivity index (χ0v) is 19.7. The van der Waals surface area contributed by atoms with E-state index in [-0.39, 0.29) is 18.3 Å². The number of nitrogens with zero attached hydrogens (tertiary/aromatic N) is 1. The molecule has 33 heavy (non-hydrogen) atoms. The van der Waals surface area contributed by atoms with Crippen LogP contribution in [0.25, 0.3) is 0 Å². The number of morpholine rings is 1. The normalized spacial score (nSPS) is 37.4. The van der Waals surface area contributed by atoms with Crippen LogP contribution >= 0.6 is 0 Å². The minimum Gasteiger partial charge on any atom is -0.458 e. The molecule has 2 heterocycles. The predicted molar refractivity (Wildman–Crippen MR) is 120 cm³/mol. The highest BCUT2D eigenvalue weighted by Gasteiger charge is 2.48. The molecule has 0 saturated carbocycles. The number of amides is 1. The minimum atomic E-state index is -1.34. The lowest BCUT2D eigenvalue weighted by Crippen LogP contribution is -2.47. The monoisotopic (exact) mass is 461 g/mol. The smallest absolute Gasteiger partial charge is 0.410 e. The number of allylic oxidation sites excluding steroid dienone is 2. The molecule has 4 rings (SSSR count).